The second-order valence-corrected chi connectivity index (χ2v) is 5.28. The lowest BCUT2D eigenvalue weighted by molar-refractivity contribution is -0.125. The number of carbonyl (C=O) groups is 1. The number of halogens is 1. The lowest BCUT2D eigenvalue weighted by Crippen LogP contribution is -2.44. The number of amides is 1. The fraction of sp³-hybridized carbons (Fsp3) is 0.923. The van der Waals surface area contributed by atoms with Crippen molar-refractivity contribution >= 4 is 18.3 Å². The first-order valence-corrected chi connectivity index (χ1v) is 6.60. The quantitative estimate of drug-likeness (QED) is 0.818. The molecule has 1 amide bonds. The summed E-state index contributed by atoms with van der Waals surface area (Å²) in [7, 11) is 0. The van der Waals surface area contributed by atoms with Crippen LogP contribution in [0.25, 0.3) is 0 Å². The number of nitrogens with one attached hydrogen (secondary N) is 1. The minimum absolute atomic E-state index is 0. The standard InChI is InChI=1S/C13H26N2O.ClH/c1-4-11-5-7-12(8-6-11)15-13(16)9(2)10(3)14;/h9-12H,4-8,14H2,1-3H3,(H,15,16);1H. The maximum absolute atomic E-state index is 11.8. The molecule has 1 fully saturated rings. The molecule has 1 saturated carbocycles. The molecule has 0 bridgehead atoms. The van der Waals surface area contributed by atoms with Crippen LogP contribution in [-0.2, 0) is 4.79 Å². The smallest absolute Gasteiger partial charge is 0.224 e. The van der Waals surface area contributed by atoms with Gasteiger partial charge in [-0.25, -0.2) is 0 Å². The van der Waals surface area contributed by atoms with Gasteiger partial charge in [0.25, 0.3) is 0 Å². The minimum Gasteiger partial charge on any atom is -0.353 e. The van der Waals surface area contributed by atoms with Crippen LogP contribution in [0.15, 0.2) is 0 Å². The van der Waals surface area contributed by atoms with Gasteiger partial charge < -0.3 is 11.1 Å². The molecule has 1 aliphatic carbocycles. The first-order chi connectivity index (χ1) is 7.54. The number of carbonyl (C=O) groups excluding carboxylic acids is 1. The van der Waals surface area contributed by atoms with E-state index < -0.39 is 0 Å². The van der Waals surface area contributed by atoms with Crippen LogP contribution < -0.4 is 11.1 Å². The van der Waals surface area contributed by atoms with Gasteiger partial charge in [-0.15, -0.1) is 12.4 Å². The Labute approximate surface area is 111 Å². The lowest BCUT2D eigenvalue weighted by atomic mass is 9.84. The largest absolute Gasteiger partial charge is 0.353 e. The molecule has 0 aromatic carbocycles. The molecule has 0 aromatic heterocycles. The highest BCUT2D eigenvalue weighted by Crippen LogP contribution is 2.26. The van der Waals surface area contributed by atoms with Crippen LogP contribution in [0.4, 0.5) is 0 Å². The van der Waals surface area contributed by atoms with Crippen molar-refractivity contribution in [3.05, 3.63) is 0 Å². The molecule has 17 heavy (non-hydrogen) atoms. The van der Waals surface area contributed by atoms with Crippen LogP contribution in [-0.4, -0.2) is 18.0 Å². The molecule has 0 radical (unpaired) electrons. The third-order valence-corrected chi connectivity index (χ3v) is 3.97. The fourth-order valence-corrected chi connectivity index (χ4v) is 2.29. The molecule has 0 aliphatic heterocycles. The predicted molar refractivity (Wildman–Crippen MR) is 74.2 cm³/mol. The molecule has 2 unspecified atom stereocenters. The molecule has 102 valence electrons. The molecule has 3 nitrogen and oxygen atoms in total. The highest BCUT2D eigenvalue weighted by Gasteiger charge is 2.24. The molecule has 4 heteroatoms. The summed E-state index contributed by atoms with van der Waals surface area (Å²) in [6, 6.07) is 0.323. The number of nitrogens with two attached hydrogens (primary N) is 1. The fourth-order valence-electron chi connectivity index (χ4n) is 2.29. The molecule has 0 heterocycles. The van der Waals surface area contributed by atoms with Crippen LogP contribution in [0, 0.1) is 11.8 Å². The van der Waals surface area contributed by atoms with Gasteiger partial charge in [-0.05, 0) is 38.5 Å². The second kappa shape index (κ2) is 7.93. The van der Waals surface area contributed by atoms with E-state index in [1.165, 1.54) is 19.3 Å². The third kappa shape index (κ3) is 5.26. The summed E-state index contributed by atoms with van der Waals surface area (Å²) >= 11 is 0. The summed E-state index contributed by atoms with van der Waals surface area (Å²) in [6.07, 6.45) is 6.06. The summed E-state index contributed by atoms with van der Waals surface area (Å²) in [5.41, 5.74) is 5.72. The van der Waals surface area contributed by atoms with Crippen LogP contribution in [0.1, 0.15) is 52.9 Å². The first-order valence-electron chi connectivity index (χ1n) is 6.60. The second-order valence-electron chi connectivity index (χ2n) is 5.28. The van der Waals surface area contributed by atoms with Gasteiger partial charge in [0.2, 0.25) is 5.91 Å². The normalized spacial score (nSPS) is 27.8. The Morgan fingerprint density at radius 2 is 1.82 bits per heavy atom. The van der Waals surface area contributed by atoms with E-state index in [0.717, 1.165) is 18.8 Å². The van der Waals surface area contributed by atoms with E-state index in [0.29, 0.717) is 6.04 Å². The number of rotatable bonds is 4. The molecule has 0 spiro atoms. The van der Waals surface area contributed by atoms with Gasteiger partial charge in [0, 0.05) is 18.0 Å². The SMILES string of the molecule is CCC1CCC(NC(=O)C(C)C(C)N)CC1.Cl. The zero-order chi connectivity index (χ0) is 12.1. The maximum atomic E-state index is 11.8. The Morgan fingerprint density at radius 3 is 2.24 bits per heavy atom. The molecule has 1 rings (SSSR count). The van der Waals surface area contributed by atoms with Crippen molar-refractivity contribution < 1.29 is 4.79 Å². The van der Waals surface area contributed by atoms with Crippen molar-refractivity contribution in [1.29, 1.82) is 0 Å². The zero-order valence-electron chi connectivity index (χ0n) is 11.2. The van der Waals surface area contributed by atoms with Crippen molar-refractivity contribution in [1.82, 2.24) is 5.32 Å². The van der Waals surface area contributed by atoms with Crippen molar-refractivity contribution in [2.75, 3.05) is 0 Å². The van der Waals surface area contributed by atoms with Crippen molar-refractivity contribution in [2.45, 2.75) is 65.0 Å². The van der Waals surface area contributed by atoms with Gasteiger partial charge >= 0.3 is 0 Å². The van der Waals surface area contributed by atoms with E-state index in [4.69, 9.17) is 5.73 Å². The number of hydrogen-bond donors (Lipinski definition) is 2. The van der Waals surface area contributed by atoms with E-state index >= 15 is 0 Å². The lowest BCUT2D eigenvalue weighted by Gasteiger charge is -2.29. The van der Waals surface area contributed by atoms with Crippen molar-refractivity contribution in [3.63, 3.8) is 0 Å². The monoisotopic (exact) mass is 262 g/mol. The van der Waals surface area contributed by atoms with E-state index in [2.05, 4.69) is 12.2 Å². The van der Waals surface area contributed by atoms with Crippen molar-refractivity contribution in [3.8, 4) is 0 Å². The predicted octanol–water partition coefficient (Wildman–Crippen LogP) is 2.48. The summed E-state index contributed by atoms with van der Waals surface area (Å²) in [5, 5.41) is 3.13. The Balaban J connectivity index is 0.00000256. The molecular formula is C13H27ClN2O. The third-order valence-electron chi connectivity index (χ3n) is 3.97. The van der Waals surface area contributed by atoms with Crippen LogP contribution >= 0.6 is 12.4 Å². The van der Waals surface area contributed by atoms with E-state index in [1.54, 1.807) is 0 Å². The molecule has 1 aliphatic rings. The first kappa shape index (κ1) is 16.7. The van der Waals surface area contributed by atoms with Crippen LogP contribution in [0.3, 0.4) is 0 Å². The van der Waals surface area contributed by atoms with Gasteiger partial charge in [0.1, 0.15) is 0 Å². The molecular weight excluding hydrogens is 236 g/mol. The number of hydrogen-bond acceptors (Lipinski definition) is 2. The molecule has 3 N–H and O–H groups in total. The van der Waals surface area contributed by atoms with Crippen LogP contribution in [0.2, 0.25) is 0 Å². The van der Waals surface area contributed by atoms with Gasteiger partial charge in [-0.1, -0.05) is 20.3 Å². The summed E-state index contributed by atoms with van der Waals surface area (Å²) in [6.45, 7) is 6.04. The summed E-state index contributed by atoms with van der Waals surface area (Å²) in [4.78, 5) is 11.8. The Hall–Kier alpha value is -0.280. The topological polar surface area (TPSA) is 55.1 Å². The Kier molecular flexibility index (Phi) is 7.80. The van der Waals surface area contributed by atoms with Gasteiger partial charge in [-0.3, -0.25) is 4.79 Å². The average Bonchev–Trinajstić information content (AvgIpc) is 2.28. The maximum Gasteiger partial charge on any atom is 0.224 e. The van der Waals surface area contributed by atoms with Gasteiger partial charge in [0.05, 0.1) is 0 Å². The van der Waals surface area contributed by atoms with Crippen molar-refractivity contribution in [2.24, 2.45) is 17.6 Å². The van der Waals surface area contributed by atoms with E-state index in [9.17, 15) is 4.79 Å². The summed E-state index contributed by atoms with van der Waals surface area (Å²) < 4.78 is 0. The highest BCUT2D eigenvalue weighted by molar-refractivity contribution is 5.85. The van der Waals surface area contributed by atoms with Crippen LogP contribution in [0.5, 0.6) is 0 Å². The minimum atomic E-state index is -0.0797. The summed E-state index contributed by atoms with van der Waals surface area (Å²) in [5.74, 6) is 0.915. The van der Waals surface area contributed by atoms with Gasteiger partial charge in [0.15, 0.2) is 0 Å². The zero-order valence-corrected chi connectivity index (χ0v) is 12.1. The van der Waals surface area contributed by atoms with E-state index in [-0.39, 0.29) is 30.3 Å². The Bertz CT molecular complexity index is 225. The molecule has 0 aromatic rings. The van der Waals surface area contributed by atoms with E-state index in [1.807, 2.05) is 13.8 Å². The molecule has 0 saturated heterocycles. The average molecular weight is 263 g/mol. The molecule has 2 atom stereocenters. The Morgan fingerprint density at radius 1 is 1.29 bits per heavy atom. The highest BCUT2D eigenvalue weighted by atomic mass is 35.5. The van der Waals surface area contributed by atoms with Gasteiger partial charge in [-0.2, -0.15) is 0 Å².